The van der Waals surface area contributed by atoms with Crippen molar-refractivity contribution in [3.63, 3.8) is 0 Å². The molecule has 1 aliphatic carbocycles. The van der Waals surface area contributed by atoms with E-state index in [1.54, 1.807) is 11.8 Å². The van der Waals surface area contributed by atoms with Crippen molar-refractivity contribution >= 4 is 17.7 Å². The lowest BCUT2D eigenvalue weighted by Crippen LogP contribution is -2.60. The van der Waals surface area contributed by atoms with Crippen LogP contribution in [0.15, 0.2) is 0 Å². The molecule has 0 spiro atoms. The van der Waals surface area contributed by atoms with Crippen LogP contribution >= 0.6 is 11.8 Å². The Morgan fingerprint density at radius 2 is 2.05 bits per heavy atom. The summed E-state index contributed by atoms with van der Waals surface area (Å²) >= 11 is 1.78. The summed E-state index contributed by atoms with van der Waals surface area (Å²) in [4.78, 5) is 11.9. The van der Waals surface area contributed by atoms with Gasteiger partial charge in [0.05, 0.1) is 11.6 Å². The van der Waals surface area contributed by atoms with Crippen LogP contribution in [-0.2, 0) is 4.79 Å². The Kier molecular flexibility index (Phi) is 6.15. The number of primary amides is 1. The van der Waals surface area contributed by atoms with Gasteiger partial charge in [-0.25, -0.2) is 0 Å². The van der Waals surface area contributed by atoms with Gasteiger partial charge in [-0.1, -0.05) is 6.92 Å². The summed E-state index contributed by atoms with van der Waals surface area (Å²) in [5.41, 5.74) is 5.08. The van der Waals surface area contributed by atoms with Crippen molar-refractivity contribution in [3.05, 3.63) is 0 Å². The van der Waals surface area contributed by atoms with Gasteiger partial charge in [-0.15, -0.1) is 0 Å². The molecule has 5 heteroatoms. The number of hydrogen-bond acceptors (Lipinski definition) is 4. The van der Waals surface area contributed by atoms with E-state index >= 15 is 0 Å². The van der Waals surface area contributed by atoms with E-state index in [0.717, 1.165) is 25.7 Å². The molecule has 0 saturated heterocycles. The highest BCUT2D eigenvalue weighted by Gasteiger charge is 2.42. The van der Waals surface area contributed by atoms with E-state index in [4.69, 9.17) is 5.73 Å². The topological polar surface area (TPSA) is 75.3 Å². The standard InChI is InChI=1S/C14H28N2O2S/c1-9(2)16-14(13(15)18)7-5-6-12(8-14)19-11(4)10(3)17/h9-12,16-17H,5-8H2,1-4H3,(H2,15,18). The Morgan fingerprint density at radius 1 is 1.42 bits per heavy atom. The molecule has 1 fully saturated rings. The second kappa shape index (κ2) is 6.95. The fourth-order valence-corrected chi connectivity index (χ4v) is 4.25. The van der Waals surface area contributed by atoms with Crippen LogP contribution in [0.25, 0.3) is 0 Å². The first-order valence-electron chi connectivity index (χ1n) is 7.18. The zero-order chi connectivity index (χ0) is 14.6. The van der Waals surface area contributed by atoms with Gasteiger partial charge in [0.1, 0.15) is 0 Å². The van der Waals surface area contributed by atoms with Gasteiger partial charge in [0.2, 0.25) is 5.91 Å². The highest BCUT2D eigenvalue weighted by Crippen LogP contribution is 2.37. The van der Waals surface area contributed by atoms with E-state index in [1.807, 2.05) is 27.7 Å². The molecule has 0 aromatic carbocycles. The van der Waals surface area contributed by atoms with Crippen LogP contribution in [0.4, 0.5) is 0 Å². The van der Waals surface area contributed by atoms with Crippen molar-refractivity contribution < 1.29 is 9.90 Å². The Morgan fingerprint density at radius 3 is 2.53 bits per heavy atom. The maximum Gasteiger partial charge on any atom is 0.237 e. The molecule has 0 aromatic heterocycles. The fraction of sp³-hybridized carbons (Fsp3) is 0.929. The zero-order valence-electron chi connectivity index (χ0n) is 12.5. The van der Waals surface area contributed by atoms with Crippen molar-refractivity contribution in [2.75, 3.05) is 0 Å². The van der Waals surface area contributed by atoms with E-state index in [9.17, 15) is 9.90 Å². The molecule has 112 valence electrons. The van der Waals surface area contributed by atoms with Crippen LogP contribution in [0.5, 0.6) is 0 Å². The number of nitrogens with two attached hydrogens (primary N) is 1. The Balaban J connectivity index is 2.71. The summed E-state index contributed by atoms with van der Waals surface area (Å²) in [5, 5.41) is 13.6. The fourth-order valence-electron chi connectivity index (χ4n) is 2.74. The SMILES string of the molecule is CC(C)NC1(C(N)=O)CCCC(SC(C)C(C)O)C1. The van der Waals surface area contributed by atoms with Crippen molar-refractivity contribution in [2.24, 2.45) is 5.73 Å². The average Bonchev–Trinajstić information content (AvgIpc) is 2.27. The normalized spacial score (nSPS) is 31.2. The van der Waals surface area contributed by atoms with E-state index in [0.29, 0.717) is 5.25 Å². The van der Waals surface area contributed by atoms with Crippen molar-refractivity contribution in [3.8, 4) is 0 Å². The summed E-state index contributed by atoms with van der Waals surface area (Å²) < 4.78 is 0. The van der Waals surface area contributed by atoms with Crippen LogP contribution in [0.3, 0.4) is 0 Å². The number of aliphatic hydroxyl groups excluding tert-OH is 1. The van der Waals surface area contributed by atoms with Gasteiger partial charge in [-0.2, -0.15) is 11.8 Å². The molecule has 0 bridgehead atoms. The third-order valence-corrected chi connectivity index (χ3v) is 5.44. The monoisotopic (exact) mass is 288 g/mol. The van der Waals surface area contributed by atoms with Gasteiger partial charge < -0.3 is 16.2 Å². The molecule has 0 aliphatic heterocycles. The largest absolute Gasteiger partial charge is 0.392 e. The highest BCUT2D eigenvalue weighted by molar-refractivity contribution is 8.00. The lowest BCUT2D eigenvalue weighted by Gasteiger charge is -2.41. The molecular weight excluding hydrogens is 260 g/mol. The molecule has 4 unspecified atom stereocenters. The van der Waals surface area contributed by atoms with E-state index in [-0.39, 0.29) is 23.3 Å². The van der Waals surface area contributed by atoms with Gasteiger partial charge in [0.15, 0.2) is 0 Å². The predicted octanol–water partition coefficient (Wildman–Crippen LogP) is 1.65. The second-order valence-electron chi connectivity index (χ2n) is 6.05. The quantitative estimate of drug-likeness (QED) is 0.695. The minimum atomic E-state index is -0.567. The molecule has 19 heavy (non-hydrogen) atoms. The first-order chi connectivity index (χ1) is 8.77. The molecule has 1 amide bonds. The van der Waals surface area contributed by atoms with Crippen LogP contribution < -0.4 is 11.1 Å². The molecule has 4 N–H and O–H groups in total. The van der Waals surface area contributed by atoms with Gasteiger partial charge in [0, 0.05) is 16.5 Å². The molecule has 1 aliphatic rings. The Labute approximate surface area is 120 Å². The number of nitrogens with one attached hydrogen (secondary N) is 1. The number of carbonyl (C=O) groups is 1. The number of carbonyl (C=O) groups excluding carboxylic acids is 1. The van der Waals surface area contributed by atoms with E-state index < -0.39 is 5.54 Å². The van der Waals surface area contributed by atoms with Crippen molar-refractivity contribution in [1.29, 1.82) is 0 Å². The maximum atomic E-state index is 11.9. The Hall–Kier alpha value is -0.260. The first kappa shape index (κ1) is 16.8. The number of thioether (sulfide) groups is 1. The van der Waals surface area contributed by atoms with Crippen LogP contribution in [0.1, 0.15) is 53.4 Å². The van der Waals surface area contributed by atoms with Crippen molar-refractivity contribution in [1.82, 2.24) is 5.32 Å². The molecule has 1 rings (SSSR count). The van der Waals surface area contributed by atoms with Crippen molar-refractivity contribution in [2.45, 2.75) is 81.6 Å². The third-order valence-electron chi connectivity index (χ3n) is 3.83. The summed E-state index contributed by atoms with van der Waals surface area (Å²) in [6.07, 6.45) is 3.36. The molecule has 0 aromatic rings. The predicted molar refractivity (Wildman–Crippen MR) is 81.2 cm³/mol. The summed E-state index contributed by atoms with van der Waals surface area (Å²) in [6.45, 7) is 7.93. The first-order valence-corrected chi connectivity index (χ1v) is 8.12. The molecule has 4 atom stereocenters. The van der Waals surface area contributed by atoms with Gasteiger partial charge >= 0.3 is 0 Å². The maximum absolute atomic E-state index is 11.9. The minimum absolute atomic E-state index is 0.188. The van der Waals surface area contributed by atoms with Gasteiger partial charge in [-0.05, 0) is 46.5 Å². The lowest BCUT2D eigenvalue weighted by atomic mass is 9.80. The number of amides is 1. The van der Waals surface area contributed by atoms with Gasteiger partial charge in [0.25, 0.3) is 0 Å². The lowest BCUT2D eigenvalue weighted by molar-refractivity contribution is -0.126. The highest BCUT2D eigenvalue weighted by atomic mass is 32.2. The Bertz CT molecular complexity index is 310. The molecular formula is C14H28N2O2S. The van der Waals surface area contributed by atoms with Gasteiger partial charge in [-0.3, -0.25) is 4.79 Å². The molecule has 4 nitrogen and oxygen atoms in total. The van der Waals surface area contributed by atoms with E-state index in [2.05, 4.69) is 5.32 Å². The number of aliphatic hydroxyl groups is 1. The van der Waals surface area contributed by atoms with E-state index in [1.165, 1.54) is 0 Å². The average molecular weight is 288 g/mol. The second-order valence-corrected chi connectivity index (χ2v) is 7.73. The third kappa shape index (κ3) is 4.65. The number of rotatable bonds is 6. The summed E-state index contributed by atoms with van der Waals surface area (Å²) in [6, 6.07) is 0.241. The number of hydrogen-bond donors (Lipinski definition) is 3. The van der Waals surface area contributed by atoms with Crippen LogP contribution in [0.2, 0.25) is 0 Å². The molecule has 0 heterocycles. The zero-order valence-corrected chi connectivity index (χ0v) is 13.3. The smallest absolute Gasteiger partial charge is 0.237 e. The molecule has 1 saturated carbocycles. The summed E-state index contributed by atoms with van der Waals surface area (Å²) in [7, 11) is 0. The van der Waals surface area contributed by atoms with Crippen LogP contribution in [-0.4, -0.2) is 39.2 Å². The van der Waals surface area contributed by atoms with Crippen LogP contribution in [0, 0.1) is 0 Å². The minimum Gasteiger partial charge on any atom is -0.392 e. The molecule has 0 radical (unpaired) electrons. The summed E-state index contributed by atoms with van der Waals surface area (Å²) in [5.74, 6) is -0.240.